The largest absolute Gasteiger partial charge is 0.393 e. The molecule has 1 saturated heterocycles. The lowest BCUT2D eigenvalue weighted by atomic mass is 10.1. The molecule has 4 heteroatoms. The number of aliphatic hydroxyl groups is 1. The molecule has 1 heterocycles. The van der Waals surface area contributed by atoms with E-state index >= 15 is 0 Å². The number of aliphatic imine (C=N–C) groups is 1. The zero-order chi connectivity index (χ0) is 8.97. The zero-order valence-corrected chi connectivity index (χ0v) is 7.53. The smallest absolute Gasteiger partial charge is 0.191 e. The Morgan fingerprint density at radius 2 is 2.17 bits per heavy atom. The average Bonchev–Trinajstić information content (AvgIpc) is 2.06. The van der Waals surface area contributed by atoms with Crippen LogP contribution in [0, 0.1) is 0 Å². The van der Waals surface area contributed by atoms with E-state index in [1.165, 1.54) is 0 Å². The highest BCUT2D eigenvalue weighted by molar-refractivity contribution is 5.78. The minimum atomic E-state index is -0.143. The van der Waals surface area contributed by atoms with Crippen molar-refractivity contribution in [3.63, 3.8) is 0 Å². The zero-order valence-electron chi connectivity index (χ0n) is 7.53. The van der Waals surface area contributed by atoms with E-state index in [-0.39, 0.29) is 6.10 Å². The quantitative estimate of drug-likeness (QED) is 0.423. The van der Waals surface area contributed by atoms with Crippen LogP contribution in [0.1, 0.15) is 19.8 Å². The number of rotatable bonds is 1. The van der Waals surface area contributed by atoms with E-state index in [4.69, 9.17) is 5.73 Å². The van der Waals surface area contributed by atoms with Crippen molar-refractivity contribution in [1.82, 2.24) is 4.90 Å². The Labute approximate surface area is 73.1 Å². The summed E-state index contributed by atoms with van der Waals surface area (Å²) in [5.74, 6) is 0.615. The molecule has 0 bridgehead atoms. The first-order valence-corrected chi connectivity index (χ1v) is 4.47. The maximum atomic E-state index is 9.23. The summed E-state index contributed by atoms with van der Waals surface area (Å²) in [5.41, 5.74) is 5.70. The van der Waals surface area contributed by atoms with Crippen molar-refractivity contribution in [2.45, 2.75) is 25.9 Å². The van der Waals surface area contributed by atoms with Crippen molar-refractivity contribution in [3.05, 3.63) is 0 Å². The van der Waals surface area contributed by atoms with Crippen molar-refractivity contribution in [2.24, 2.45) is 10.7 Å². The molecule has 1 aliphatic heterocycles. The van der Waals surface area contributed by atoms with E-state index < -0.39 is 0 Å². The highest BCUT2D eigenvalue weighted by Gasteiger charge is 2.17. The van der Waals surface area contributed by atoms with Gasteiger partial charge in [-0.15, -0.1) is 0 Å². The van der Waals surface area contributed by atoms with Crippen LogP contribution in [-0.2, 0) is 0 Å². The number of likely N-dealkylation sites (tertiary alicyclic amines) is 1. The molecule has 4 nitrogen and oxygen atoms in total. The number of nitrogens with two attached hydrogens (primary N) is 1. The Balaban J connectivity index is 2.39. The molecular formula is C8H17N3O. The van der Waals surface area contributed by atoms with Crippen LogP contribution >= 0.6 is 0 Å². The molecule has 0 aromatic heterocycles. The Kier molecular flexibility index (Phi) is 3.34. The summed E-state index contributed by atoms with van der Waals surface area (Å²) in [6.07, 6.45) is 1.47. The maximum Gasteiger partial charge on any atom is 0.191 e. The van der Waals surface area contributed by atoms with Gasteiger partial charge in [0.05, 0.1) is 6.10 Å². The van der Waals surface area contributed by atoms with Crippen molar-refractivity contribution >= 4 is 5.96 Å². The molecule has 0 aromatic rings. The molecule has 1 aliphatic rings. The van der Waals surface area contributed by atoms with Crippen molar-refractivity contribution in [3.8, 4) is 0 Å². The SMILES string of the molecule is CCN=C(N)N1CCC(O)CC1. The van der Waals surface area contributed by atoms with Gasteiger partial charge >= 0.3 is 0 Å². The summed E-state index contributed by atoms with van der Waals surface area (Å²) >= 11 is 0. The Morgan fingerprint density at radius 1 is 1.58 bits per heavy atom. The predicted molar refractivity (Wildman–Crippen MR) is 49.0 cm³/mol. The molecule has 3 N–H and O–H groups in total. The van der Waals surface area contributed by atoms with E-state index in [9.17, 15) is 5.11 Å². The fourth-order valence-electron chi connectivity index (χ4n) is 1.36. The van der Waals surface area contributed by atoms with Gasteiger partial charge in [-0.05, 0) is 19.8 Å². The van der Waals surface area contributed by atoms with E-state index in [1.807, 2.05) is 11.8 Å². The fraction of sp³-hybridized carbons (Fsp3) is 0.875. The normalized spacial score (nSPS) is 21.5. The lowest BCUT2D eigenvalue weighted by molar-refractivity contribution is 0.108. The van der Waals surface area contributed by atoms with Crippen LogP contribution in [-0.4, -0.2) is 41.7 Å². The van der Waals surface area contributed by atoms with Gasteiger partial charge < -0.3 is 15.7 Å². The number of hydrogen-bond acceptors (Lipinski definition) is 2. The Morgan fingerprint density at radius 3 is 2.67 bits per heavy atom. The van der Waals surface area contributed by atoms with Gasteiger partial charge in [-0.1, -0.05) is 0 Å². The van der Waals surface area contributed by atoms with Crippen molar-refractivity contribution in [2.75, 3.05) is 19.6 Å². The second-order valence-electron chi connectivity index (χ2n) is 3.05. The lowest BCUT2D eigenvalue weighted by Crippen LogP contribution is -2.44. The standard InChI is InChI=1S/C8H17N3O/c1-2-10-8(9)11-5-3-7(12)4-6-11/h7,12H,2-6H2,1H3,(H2,9,10). The molecule has 70 valence electrons. The monoisotopic (exact) mass is 171 g/mol. The molecular weight excluding hydrogens is 154 g/mol. The van der Waals surface area contributed by atoms with Crippen LogP contribution in [0.4, 0.5) is 0 Å². The van der Waals surface area contributed by atoms with Gasteiger partial charge in [0.15, 0.2) is 5.96 Å². The number of hydrogen-bond donors (Lipinski definition) is 2. The van der Waals surface area contributed by atoms with Gasteiger partial charge in [-0.3, -0.25) is 4.99 Å². The highest BCUT2D eigenvalue weighted by atomic mass is 16.3. The van der Waals surface area contributed by atoms with Gasteiger partial charge in [0, 0.05) is 19.6 Å². The van der Waals surface area contributed by atoms with Gasteiger partial charge in [0.25, 0.3) is 0 Å². The van der Waals surface area contributed by atoms with Crippen LogP contribution in [0.5, 0.6) is 0 Å². The minimum absolute atomic E-state index is 0.143. The number of nitrogens with zero attached hydrogens (tertiary/aromatic N) is 2. The van der Waals surface area contributed by atoms with Gasteiger partial charge in [0.1, 0.15) is 0 Å². The highest BCUT2D eigenvalue weighted by Crippen LogP contribution is 2.08. The fourth-order valence-corrected chi connectivity index (χ4v) is 1.36. The van der Waals surface area contributed by atoms with Crippen LogP contribution in [0.25, 0.3) is 0 Å². The molecule has 1 rings (SSSR count). The summed E-state index contributed by atoms with van der Waals surface area (Å²) < 4.78 is 0. The summed E-state index contributed by atoms with van der Waals surface area (Å²) in [6, 6.07) is 0. The van der Waals surface area contributed by atoms with Gasteiger partial charge in [-0.2, -0.15) is 0 Å². The topological polar surface area (TPSA) is 61.8 Å². The summed E-state index contributed by atoms with van der Waals surface area (Å²) in [5, 5.41) is 9.23. The molecule has 12 heavy (non-hydrogen) atoms. The molecule has 0 amide bonds. The second kappa shape index (κ2) is 4.30. The second-order valence-corrected chi connectivity index (χ2v) is 3.05. The first kappa shape index (κ1) is 9.32. The van der Waals surface area contributed by atoms with E-state index in [0.29, 0.717) is 5.96 Å². The maximum absolute atomic E-state index is 9.23. The minimum Gasteiger partial charge on any atom is -0.393 e. The lowest BCUT2D eigenvalue weighted by Gasteiger charge is -2.30. The van der Waals surface area contributed by atoms with E-state index in [0.717, 1.165) is 32.5 Å². The third kappa shape index (κ3) is 2.37. The van der Waals surface area contributed by atoms with Crippen LogP contribution < -0.4 is 5.73 Å². The Hall–Kier alpha value is -0.770. The first-order chi connectivity index (χ1) is 5.74. The van der Waals surface area contributed by atoms with E-state index in [1.54, 1.807) is 0 Å². The molecule has 0 saturated carbocycles. The summed E-state index contributed by atoms with van der Waals surface area (Å²) in [7, 11) is 0. The van der Waals surface area contributed by atoms with Crippen molar-refractivity contribution < 1.29 is 5.11 Å². The third-order valence-corrected chi connectivity index (χ3v) is 2.11. The first-order valence-electron chi connectivity index (χ1n) is 4.47. The van der Waals surface area contributed by atoms with Crippen molar-refractivity contribution in [1.29, 1.82) is 0 Å². The van der Waals surface area contributed by atoms with Gasteiger partial charge in [-0.25, -0.2) is 0 Å². The van der Waals surface area contributed by atoms with Crippen LogP contribution in [0.15, 0.2) is 4.99 Å². The Bertz CT molecular complexity index is 162. The van der Waals surface area contributed by atoms with Gasteiger partial charge in [0.2, 0.25) is 0 Å². The molecule has 0 unspecified atom stereocenters. The molecule has 0 radical (unpaired) electrons. The average molecular weight is 171 g/mol. The third-order valence-electron chi connectivity index (χ3n) is 2.11. The number of piperidine rings is 1. The number of guanidine groups is 1. The molecule has 0 aromatic carbocycles. The molecule has 0 aliphatic carbocycles. The summed E-state index contributed by atoms with van der Waals surface area (Å²) in [4.78, 5) is 6.14. The molecule has 0 atom stereocenters. The van der Waals surface area contributed by atoms with Crippen LogP contribution in [0.2, 0.25) is 0 Å². The van der Waals surface area contributed by atoms with E-state index in [2.05, 4.69) is 4.99 Å². The molecule has 0 spiro atoms. The van der Waals surface area contributed by atoms with Crippen LogP contribution in [0.3, 0.4) is 0 Å². The number of aliphatic hydroxyl groups excluding tert-OH is 1. The predicted octanol–water partition coefficient (Wildman–Crippen LogP) is -0.222. The molecule has 1 fully saturated rings. The summed E-state index contributed by atoms with van der Waals surface area (Å²) in [6.45, 7) is 4.35.